The highest BCUT2D eigenvalue weighted by molar-refractivity contribution is 6.03. The third-order valence-corrected chi connectivity index (χ3v) is 4.45. The van der Waals surface area contributed by atoms with Crippen molar-refractivity contribution in [2.75, 3.05) is 10.2 Å². The smallest absolute Gasteiger partial charge is 0.303 e. The minimum absolute atomic E-state index is 0.119. The van der Waals surface area contributed by atoms with Gasteiger partial charge in [-0.15, -0.1) is 0 Å². The lowest BCUT2D eigenvalue weighted by Gasteiger charge is -2.38. The maximum absolute atomic E-state index is 12.5. The second kappa shape index (κ2) is 7.88. The predicted molar refractivity (Wildman–Crippen MR) is 97.6 cm³/mol. The minimum Gasteiger partial charge on any atom is -0.481 e. The van der Waals surface area contributed by atoms with Gasteiger partial charge in [0.05, 0.1) is 11.4 Å². The second-order valence-corrected chi connectivity index (χ2v) is 6.22. The molecule has 0 unspecified atom stereocenters. The minimum atomic E-state index is -0.957. The average Bonchev–Trinajstić information content (AvgIpc) is 2.67. The van der Waals surface area contributed by atoms with Crippen molar-refractivity contribution in [2.45, 2.75) is 25.4 Å². The highest BCUT2D eigenvalue weighted by Gasteiger charge is 2.32. The van der Waals surface area contributed by atoms with Gasteiger partial charge in [0.2, 0.25) is 5.91 Å². The zero-order valence-corrected chi connectivity index (χ0v) is 14.4. The third kappa shape index (κ3) is 4.06. The van der Waals surface area contributed by atoms with Crippen LogP contribution in [-0.2, 0) is 16.1 Å². The monoisotopic (exact) mass is 369 g/mol. The number of nitrogens with one attached hydrogen (secondary N) is 2. The number of carboxylic acid groups (broad SMARTS) is 1. The topological polar surface area (TPSA) is 119 Å². The first-order valence-electron chi connectivity index (χ1n) is 8.41. The number of hydrogen-bond acceptors (Lipinski definition) is 5. The standard InChI is InChI=1S/C19H19N3O5/c23-17(24)10-9-16-19(26)20-14-3-1-2-4-15(14)22(16)11-12-5-7-13(8-6-12)18(25)21-27/h1-8,16,27H,9-11H2,(H,20,26)(H,21,25)(H,23,24)/t16-/m1/s1. The number of carboxylic acids is 1. The van der Waals surface area contributed by atoms with Gasteiger partial charge in [0.1, 0.15) is 6.04 Å². The van der Waals surface area contributed by atoms with Gasteiger partial charge in [0.25, 0.3) is 5.91 Å². The largest absolute Gasteiger partial charge is 0.481 e. The summed E-state index contributed by atoms with van der Waals surface area (Å²) in [6.45, 7) is 0.371. The van der Waals surface area contributed by atoms with Crippen molar-refractivity contribution in [1.29, 1.82) is 0 Å². The molecule has 140 valence electrons. The second-order valence-electron chi connectivity index (χ2n) is 6.22. The summed E-state index contributed by atoms with van der Waals surface area (Å²) in [6, 6.07) is 13.3. The maximum Gasteiger partial charge on any atom is 0.303 e. The van der Waals surface area contributed by atoms with Gasteiger partial charge in [-0.2, -0.15) is 0 Å². The SMILES string of the molecule is O=C(O)CC[C@@H]1C(=O)Nc2ccccc2N1Cc1ccc(C(=O)NO)cc1. The summed E-state index contributed by atoms with van der Waals surface area (Å²) in [7, 11) is 0. The molecule has 0 fully saturated rings. The molecule has 0 aromatic heterocycles. The Kier molecular flexibility index (Phi) is 5.37. The van der Waals surface area contributed by atoms with Crippen molar-refractivity contribution < 1.29 is 24.7 Å². The van der Waals surface area contributed by atoms with Crippen LogP contribution in [0.3, 0.4) is 0 Å². The van der Waals surface area contributed by atoms with E-state index in [9.17, 15) is 14.4 Å². The number of aliphatic carboxylic acids is 1. The molecule has 1 heterocycles. The summed E-state index contributed by atoms with van der Waals surface area (Å²) < 4.78 is 0. The van der Waals surface area contributed by atoms with Crippen LogP contribution >= 0.6 is 0 Å². The van der Waals surface area contributed by atoms with E-state index < -0.39 is 17.9 Å². The number of nitrogens with zero attached hydrogens (tertiary/aromatic N) is 1. The predicted octanol–water partition coefficient (Wildman–Crippen LogP) is 2.00. The molecule has 1 aliphatic rings. The Morgan fingerprint density at radius 3 is 2.48 bits per heavy atom. The molecule has 1 atom stereocenters. The van der Waals surface area contributed by atoms with Crippen LogP contribution in [0.5, 0.6) is 0 Å². The normalized spacial score (nSPS) is 15.7. The molecule has 1 aliphatic heterocycles. The molecule has 8 heteroatoms. The highest BCUT2D eigenvalue weighted by atomic mass is 16.5. The summed E-state index contributed by atoms with van der Waals surface area (Å²) >= 11 is 0. The van der Waals surface area contributed by atoms with E-state index in [0.717, 1.165) is 11.3 Å². The highest BCUT2D eigenvalue weighted by Crippen LogP contribution is 2.34. The number of rotatable bonds is 6. The van der Waals surface area contributed by atoms with E-state index in [1.54, 1.807) is 35.8 Å². The van der Waals surface area contributed by atoms with Crippen LogP contribution in [0, 0.1) is 0 Å². The number of fused-ring (bicyclic) bond motifs is 1. The summed E-state index contributed by atoms with van der Waals surface area (Å²) in [5.41, 5.74) is 4.21. The van der Waals surface area contributed by atoms with Gasteiger partial charge < -0.3 is 15.3 Å². The number of hydrogen-bond donors (Lipinski definition) is 4. The zero-order chi connectivity index (χ0) is 19.4. The number of anilines is 2. The van der Waals surface area contributed by atoms with E-state index in [4.69, 9.17) is 10.3 Å². The molecule has 4 N–H and O–H groups in total. The van der Waals surface area contributed by atoms with E-state index in [1.165, 1.54) is 0 Å². The van der Waals surface area contributed by atoms with E-state index >= 15 is 0 Å². The molecule has 0 radical (unpaired) electrons. The van der Waals surface area contributed by atoms with Crippen LogP contribution in [0.2, 0.25) is 0 Å². The number of benzene rings is 2. The first-order chi connectivity index (χ1) is 13.0. The number of para-hydroxylation sites is 2. The first kappa shape index (κ1) is 18.4. The summed E-state index contributed by atoms with van der Waals surface area (Å²) in [6.07, 6.45) is 0.0624. The lowest BCUT2D eigenvalue weighted by molar-refractivity contribution is -0.137. The fourth-order valence-corrected chi connectivity index (χ4v) is 3.12. The molecule has 2 aromatic rings. The van der Waals surface area contributed by atoms with E-state index in [-0.39, 0.29) is 18.7 Å². The van der Waals surface area contributed by atoms with E-state index in [1.807, 2.05) is 23.1 Å². The van der Waals surface area contributed by atoms with E-state index in [0.29, 0.717) is 17.8 Å². The van der Waals surface area contributed by atoms with Gasteiger partial charge >= 0.3 is 5.97 Å². The summed E-state index contributed by atoms with van der Waals surface area (Å²) in [4.78, 5) is 36.8. The Morgan fingerprint density at radius 2 is 1.81 bits per heavy atom. The molecular formula is C19H19N3O5. The molecule has 2 amide bonds. The van der Waals surface area contributed by atoms with Gasteiger partial charge in [-0.05, 0) is 36.2 Å². The molecular weight excluding hydrogens is 350 g/mol. The van der Waals surface area contributed by atoms with Crippen LogP contribution in [-0.4, -0.2) is 34.1 Å². The van der Waals surface area contributed by atoms with Crippen molar-refractivity contribution in [3.8, 4) is 0 Å². The Bertz CT molecular complexity index is 866. The lowest BCUT2D eigenvalue weighted by atomic mass is 10.0. The fraction of sp³-hybridized carbons (Fsp3) is 0.211. The Morgan fingerprint density at radius 1 is 1.11 bits per heavy atom. The molecule has 27 heavy (non-hydrogen) atoms. The molecule has 8 nitrogen and oxygen atoms in total. The quantitative estimate of drug-likeness (QED) is 0.457. The van der Waals surface area contributed by atoms with Crippen LogP contribution in [0.25, 0.3) is 0 Å². The number of amides is 2. The number of carbonyl (C=O) groups is 3. The van der Waals surface area contributed by atoms with Crippen molar-refractivity contribution in [2.24, 2.45) is 0 Å². The van der Waals surface area contributed by atoms with Gasteiger partial charge in [0.15, 0.2) is 0 Å². The van der Waals surface area contributed by atoms with Gasteiger partial charge in [-0.1, -0.05) is 24.3 Å². The van der Waals surface area contributed by atoms with Crippen molar-refractivity contribution in [1.82, 2.24) is 5.48 Å². The zero-order valence-electron chi connectivity index (χ0n) is 14.4. The van der Waals surface area contributed by atoms with Crippen LogP contribution in [0.1, 0.15) is 28.8 Å². The van der Waals surface area contributed by atoms with Gasteiger partial charge in [-0.3, -0.25) is 19.6 Å². The van der Waals surface area contributed by atoms with Gasteiger partial charge in [-0.25, -0.2) is 5.48 Å². The Hall–Kier alpha value is -3.39. The third-order valence-electron chi connectivity index (χ3n) is 4.45. The molecule has 0 spiro atoms. The van der Waals surface area contributed by atoms with Gasteiger partial charge in [0, 0.05) is 18.5 Å². The summed E-state index contributed by atoms with van der Waals surface area (Å²) in [5.74, 6) is -1.81. The fourth-order valence-electron chi connectivity index (χ4n) is 3.12. The molecule has 0 saturated heterocycles. The van der Waals surface area contributed by atoms with Crippen LogP contribution in [0.4, 0.5) is 11.4 Å². The Labute approximate surface area is 155 Å². The number of hydroxylamine groups is 1. The maximum atomic E-state index is 12.5. The molecule has 0 bridgehead atoms. The summed E-state index contributed by atoms with van der Waals surface area (Å²) in [5, 5.41) is 20.5. The molecule has 3 rings (SSSR count). The van der Waals surface area contributed by atoms with Crippen molar-refractivity contribution in [3.63, 3.8) is 0 Å². The average molecular weight is 369 g/mol. The van der Waals surface area contributed by atoms with E-state index in [2.05, 4.69) is 5.32 Å². The van der Waals surface area contributed by atoms with Crippen LogP contribution in [0.15, 0.2) is 48.5 Å². The van der Waals surface area contributed by atoms with Crippen molar-refractivity contribution in [3.05, 3.63) is 59.7 Å². The lowest BCUT2D eigenvalue weighted by Crippen LogP contribution is -2.47. The van der Waals surface area contributed by atoms with Crippen LogP contribution < -0.4 is 15.7 Å². The Balaban J connectivity index is 1.89. The van der Waals surface area contributed by atoms with Crippen molar-refractivity contribution >= 4 is 29.2 Å². The number of carbonyl (C=O) groups excluding carboxylic acids is 2. The molecule has 0 aliphatic carbocycles. The molecule has 2 aromatic carbocycles. The first-order valence-corrected chi connectivity index (χ1v) is 8.41. The molecule has 0 saturated carbocycles.